The van der Waals surface area contributed by atoms with Gasteiger partial charge in [0, 0.05) is 62.1 Å². The smallest absolute Gasteiger partial charge is 0.302 e. The van der Waals surface area contributed by atoms with Crippen LogP contribution in [-0.2, 0) is 33.7 Å². The van der Waals surface area contributed by atoms with Crippen LogP contribution in [0.3, 0.4) is 0 Å². The third-order valence-electron chi connectivity index (χ3n) is 8.15. The summed E-state index contributed by atoms with van der Waals surface area (Å²) in [6.07, 6.45) is 5.68. The quantitative estimate of drug-likeness (QED) is 0.161. The number of rotatable bonds is 13. The second kappa shape index (κ2) is 13.7. The lowest BCUT2D eigenvalue weighted by Gasteiger charge is -2.12. The van der Waals surface area contributed by atoms with E-state index in [1.807, 2.05) is 6.07 Å². The number of ketones is 1. The number of aryl methyl sites for hydroxylation is 1. The van der Waals surface area contributed by atoms with E-state index in [-0.39, 0.29) is 48.1 Å². The highest BCUT2D eigenvalue weighted by Gasteiger charge is 2.31. The molecule has 4 heterocycles. The van der Waals surface area contributed by atoms with E-state index >= 15 is 0 Å². The van der Waals surface area contributed by atoms with Crippen molar-refractivity contribution in [2.75, 3.05) is 6.54 Å². The van der Waals surface area contributed by atoms with Crippen LogP contribution in [0, 0.1) is 5.92 Å². The minimum atomic E-state index is -2.89. The summed E-state index contributed by atoms with van der Waals surface area (Å²) in [6.45, 7) is 1.99. The molecule has 1 amide bonds. The largest absolute Gasteiger partial charge is 0.461 e. The van der Waals surface area contributed by atoms with Crippen molar-refractivity contribution in [2.24, 2.45) is 5.92 Å². The number of pyridine rings is 1. The van der Waals surface area contributed by atoms with Gasteiger partial charge in [0.05, 0.1) is 11.7 Å². The van der Waals surface area contributed by atoms with Gasteiger partial charge in [-0.2, -0.15) is 5.10 Å². The number of esters is 1. The summed E-state index contributed by atoms with van der Waals surface area (Å²) in [6, 6.07) is 10.1. The zero-order chi connectivity index (χ0) is 32.2. The van der Waals surface area contributed by atoms with E-state index in [1.165, 1.54) is 36.9 Å². The maximum atomic E-state index is 13.9. The van der Waals surface area contributed by atoms with Crippen molar-refractivity contribution < 1.29 is 32.3 Å². The van der Waals surface area contributed by atoms with Gasteiger partial charge in [0.25, 0.3) is 6.43 Å². The standard InChI is InChI=1S/C33H34F2N6O5/c1-19(42)46-26-14-27(37-16-26)32(44)38-15-21-5-8-25(9-6-21)41-17-23(30(40-41)31(34)35)13-29(43)28-18-45-33(39-28)22-10-11-36-24(12-22)7-4-20-2-3-20/h5-6,8-12,17-18,20,26-27,31,37H,2-4,7,13-16H2,1H3,(H,38,44)/t26-,27+/m1/s1. The molecule has 46 heavy (non-hydrogen) atoms. The van der Waals surface area contributed by atoms with Crippen LogP contribution in [0.4, 0.5) is 8.78 Å². The van der Waals surface area contributed by atoms with Crippen LogP contribution in [0.1, 0.15) is 72.0 Å². The van der Waals surface area contributed by atoms with Crippen molar-refractivity contribution >= 4 is 17.7 Å². The molecule has 11 nitrogen and oxygen atoms in total. The van der Waals surface area contributed by atoms with Crippen molar-refractivity contribution in [3.8, 4) is 17.1 Å². The van der Waals surface area contributed by atoms with Crippen molar-refractivity contribution in [3.63, 3.8) is 0 Å². The fourth-order valence-corrected chi connectivity index (χ4v) is 5.49. The molecule has 2 aliphatic rings. The second-order valence-corrected chi connectivity index (χ2v) is 11.8. The lowest BCUT2D eigenvalue weighted by atomic mass is 10.1. The van der Waals surface area contributed by atoms with E-state index in [0.717, 1.165) is 30.0 Å². The molecule has 13 heteroatoms. The molecular weight excluding hydrogens is 598 g/mol. The van der Waals surface area contributed by atoms with Crippen LogP contribution in [-0.4, -0.2) is 56.1 Å². The Hall–Kier alpha value is -4.78. The van der Waals surface area contributed by atoms with E-state index in [4.69, 9.17) is 9.15 Å². The number of nitrogens with one attached hydrogen (secondary N) is 2. The molecule has 0 radical (unpaired) electrons. The van der Waals surface area contributed by atoms with Crippen LogP contribution in [0.15, 0.2) is 59.5 Å². The third-order valence-corrected chi connectivity index (χ3v) is 8.15. The Morgan fingerprint density at radius 1 is 1.17 bits per heavy atom. The lowest BCUT2D eigenvalue weighted by Crippen LogP contribution is -2.40. The molecule has 0 spiro atoms. The van der Waals surface area contributed by atoms with Gasteiger partial charge in [0.15, 0.2) is 5.78 Å². The van der Waals surface area contributed by atoms with Gasteiger partial charge >= 0.3 is 5.97 Å². The monoisotopic (exact) mass is 632 g/mol. The number of oxazole rings is 1. The fraction of sp³-hybridized carbons (Fsp3) is 0.394. The number of carbonyl (C=O) groups excluding carboxylic acids is 3. The molecule has 2 N–H and O–H groups in total. The number of hydrogen-bond donors (Lipinski definition) is 2. The molecule has 1 saturated heterocycles. The first-order chi connectivity index (χ1) is 22.2. The third kappa shape index (κ3) is 7.71. The van der Waals surface area contributed by atoms with Gasteiger partial charge < -0.3 is 19.8 Å². The van der Waals surface area contributed by atoms with Gasteiger partial charge in [-0.05, 0) is 48.6 Å². The van der Waals surface area contributed by atoms with Gasteiger partial charge in [-0.15, -0.1) is 0 Å². The molecule has 4 aromatic rings. The molecule has 240 valence electrons. The molecule has 1 saturated carbocycles. The number of ether oxygens (including phenoxy) is 1. The predicted molar refractivity (Wildman–Crippen MR) is 161 cm³/mol. The maximum absolute atomic E-state index is 13.9. The zero-order valence-electron chi connectivity index (χ0n) is 25.2. The summed E-state index contributed by atoms with van der Waals surface area (Å²) in [4.78, 5) is 45.5. The van der Waals surface area contributed by atoms with Crippen molar-refractivity contribution in [1.82, 2.24) is 30.4 Å². The van der Waals surface area contributed by atoms with Crippen LogP contribution in [0.25, 0.3) is 17.1 Å². The number of alkyl halides is 2. The normalized spacial score (nSPS) is 17.7. The Labute approximate surface area is 263 Å². The minimum absolute atomic E-state index is 0.0420. The Balaban J connectivity index is 1.07. The first kappa shape index (κ1) is 31.2. The van der Waals surface area contributed by atoms with Gasteiger partial charge in [-0.1, -0.05) is 25.0 Å². The molecule has 2 fully saturated rings. The van der Waals surface area contributed by atoms with Gasteiger partial charge in [-0.25, -0.2) is 18.4 Å². The van der Waals surface area contributed by atoms with Crippen molar-refractivity contribution in [1.29, 1.82) is 0 Å². The molecule has 0 bridgehead atoms. The predicted octanol–water partition coefficient (Wildman–Crippen LogP) is 4.54. The highest BCUT2D eigenvalue weighted by molar-refractivity contribution is 5.96. The molecule has 1 aliphatic carbocycles. The number of aromatic nitrogens is 4. The molecule has 1 aromatic carbocycles. The van der Waals surface area contributed by atoms with Crippen LogP contribution in [0.5, 0.6) is 0 Å². The number of halogens is 2. The van der Waals surface area contributed by atoms with E-state index in [0.29, 0.717) is 24.2 Å². The summed E-state index contributed by atoms with van der Waals surface area (Å²) < 4.78 is 39.9. The van der Waals surface area contributed by atoms with E-state index in [1.54, 1.807) is 36.5 Å². The molecule has 2 atom stereocenters. The van der Waals surface area contributed by atoms with Crippen molar-refractivity contribution in [3.05, 3.63) is 83.3 Å². The average molecular weight is 633 g/mol. The number of benzene rings is 1. The first-order valence-electron chi connectivity index (χ1n) is 15.3. The second-order valence-electron chi connectivity index (χ2n) is 11.8. The Kier molecular flexibility index (Phi) is 9.29. The number of carbonyl (C=O) groups is 3. The van der Waals surface area contributed by atoms with E-state index in [2.05, 4.69) is 25.7 Å². The van der Waals surface area contributed by atoms with E-state index in [9.17, 15) is 23.2 Å². The first-order valence-corrected chi connectivity index (χ1v) is 15.3. The summed E-state index contributed by atoms with van der Waals surface area (Å²) in [5.41, 5.74) is 2.57. The highest BCUT2D eigenvalue weighted by Crippen LogP contribution is 2.33. The molecule has 1 aliphatic heterocycles. The number of hydrogen-bond acceptors (Lipinski definition) is 9. The van der Waals surface area contributed by atoms with Crippen LogP contribution >= 0.6 is 0 Å². The Morgan fingerprint density at radius 2 is 1.98 bits per heavy atom. The van der Waals surface area contributed by atoms with Gasteiger partial charge in [0.2, 0.25) is 11.8 Å². The van der Waals surface area contributed by atoms with E-state index < -0.39 is 23.9 Å². The summed E-state index contributed by atoms with van der Waals surface area (Å²) in [5, 5.41) is 9.95. The molecule has 0 unspecified atom stereocenters. The SMILES string of the molecule is CC(=O)O[C@H]1CN[C@H](C(=O)NCc2ccc(-n3cc(CC(=O)c4coc(-c5ccnc(CCC6CC6)c5)n4)c(C(F)F)n3)cc2)C1. The Morgan fingerprint density at radius 3 is 2.72 bits per heavy atom. The van der Waals surface area contributed by atoms with Crippen molar-refractivity contribution in [2.45, 2.75) is 70.6 Å². The number of Topliss-reactive ketones (excluding diaryl/α,β-unsaturated/α-hetero) is 1. The Bertz CT molecular complexity index is 1720. The molecular formula is C33H34F2N6O5. The number of nitrogens with zero attached hydrogens (tertiary/aromatic N) is 4. The summed E-state index contributed by atoms with van der Waals surface area (Å²) in [7, 11) is 0. The lowest BCUT2D eigenvalue weighted by molar-refractivity contribution is -0.145. The topological polar surface area (TPSA) is 141 Å². The van der Waals surface area contributed by atoms with Gasteiger partial charge in [-0.3, -0.25) is 19.4 Å². The molecule has 3 aromatic heterocycles. The summed E-state index contributed by atoms with van der Waals surface area (Å²) >= 11 is 0. The maximum Gasteiger partial charge on any atom is 0.302 e. The fourth-order valence-electron chi connectivity index (χ4n) is 5.49. The van der Waals surface area contributed by atoms with Crippen LogP contribution < -0.4 is 10.6 Å². The zero-order valence-corrected chi connectivity index (χ0v) is 25.2. The average Bonchev–Trinajstić information content (AvgIpc) is 3.38. The minimum Gasteiger partial charge on any atom is -0.461 e. The summed E-state index contributed by atoms with van der Waals surface area (Å²) in [5.74, 6) is -0.0209. The van der Waals surface area contributed by atoms with Crippen LogP contribution in [0.2, 0.25) is 0 Å². The molecule has 6 rings (SSSR count). The highest BCUT2D eigenvalue weighted by atomic mass is 19.3. The van der Waals surface area contributed by atoms with Gasteiger partial charge in [0.1, 0.15) is 23.8 Å². The number of amides is 1.